The summed E-state index contributed by atoms with van der Waals surface area (Å²) in [5, 5.41) is 0. The van der Waals surface area contributed by atoms with E-state index in [9.17, 15) is 9.59 Å². The van der Waals surface area contributed by atoms with Crippen LogP contribution in [0.3, 0.4) is 0 Å². The Balaban J connectivity index is 1.36. The van der Waals surface area contributed by atoms with Gasteiger partial charge in [0, 0.05) is 38.5 Å². The molecule has 7 heteroatoms. The van der Waals surface area contributed by atoms with Crippen molar-refractivity contribution in [3.8, 4) is 0 Å². The molecule has 0 N–H and O–H groups in total. The zero-order valence-electron chi connectivity index (χ0n) is 23.1. The number of piperidine rings is 1. The number of nitrogens with zero attached hydrogens (tertiary/aromatic N) is 1. The first kappa shape index (κ1) is 27.7. The number of benzene rings is 2. The molecule has 3 aliphatic rings. The van der Waals surface area contributed by atoms with Gasteiger partial charge in [-0.1, -0.05) is 80.4 Å². The quantitative estimate of drug-likeness (QED) is 0.150. The standard InChI is InChI=1S/C32H42NO6/c1-2-3-12-21-36-31(35)37-24-38-32(25-13-6-4-7-14-25,26-15-8-5-9-16-26)30(34)39-29-22-27-17-18-28(23-29)33(27)19-10-11-20-33/h4-9,13-16,27-29H,2-3,10-12,17-24H2,1H3/q+1. The Kier molecular flexibility index (Phi) is 8.88. The van der Waals surface area contributed by atoms with E-state index in [-0.39, 0.29) is 6.10 Å². The van der Waals surface area contributed by atoms with Crippen molar-refractivity contribution in [3.05, 3.63) is 71.8 Å². The van der Waals surface area contributed by atoms with Crippen molar-refractivity contribution in [2.75, 3.05) is 26.5 Å². The van der Waals surface area contributed by atoms with Crippen molar-refractivity contribution in [2.24, 2.45) is 0 Å². The van der Waals surface area contributed by atoms with Crippen LogP contribution < -0.4 is 0 Å². The number of esters is 1. The largest absolute Gasteiger partial charge is 0.510 e. The molecule has 0 saturated carbocycles. The van der Waals surface area contributed by atoms with Crippen LogP contribution >= 0.6 is 0 Å². The molecule has 0 radical (unpaired) electrons. The summed E-state index contributed by atoms with van der Waals surface area (Å²) in [6.45, 7) is 4.47. The highest BCUT2D eigenvalue weighted by atomic mass is 16.8. The second-order valence-electron chi connectivity index (χ2n) is 11.3. The lowest BCUT2D eigenvalue weighted by Crippen LogP contribution is -2.60. The number of ether oxygens (including phenoxy) is 4. The van der Waals surface area contributed by atoms with Gasteiger partial charge in [-0.15, -0.1) is 0 Å². The Labute approximate surface area is 232 Å². The second-order valence-corrected chi connectivity index (χ2v) is 11.3. The minimum atomic E-state index is -1.58. The normalized spacial score (nSPS) is 23.5. The number of unbranched alkanes of at least 4 members (excludes halogenated alkanes) is 2. The van der Waals surface area contributed by atoms with Crippen molar-refractivity contribution in [1.29, 1.82) is 0 Å². The number of carbonyl (C=O) groups is 2. The number of rotatable bonds is 11. The van der Waals surface area contributed by atoms with E-state index in [2.05, 4.69) is 6.92 Å². The van der Waals surface area contributed by atoms with Gasteiger partial charge in [-0.3, -0.25) is 0 Å². The molecule has 3 saturated heterocycles. The van der Waals surface area contributed by atoms with Crippen LogP contribution in [0, 0.1) is 0 Å². The molecule has 2 unspecified atom stereocenters. The van der Waals surface area contributed by atoms with Crippen molar-refractivity contribution < 1.29 is 33.0 Å². The van der Waals surface area contributed by atoms with Crippen molar-refractivity contribution in [1.82, 2.24) is 0 Å². The lowest BCUT2D eigenvalue weighted by Gasteiger charge is -2.47. The molecule has 39 heavy (non-hydrogen) atoms. The van der Waals surface area contributed by atoms with Gasteiger partial charge in [-0.05, 0) is 17.5 Å². The summed E-state index contributed by atoms with van der Waals surface area (Å²) in [5.74, 6) is -0.473. The Hall–Kier alpha value is -2.90. The van der Waals surface area contributed by atoms with E-state index in [0.717, 1.165) is 32.1 Å². The molecule has 2 aromatic carbocycles. The molecule has 0 aliphatic carbocycles. The van der Waals surface area contributed by atoms with Gasteiger partial charge >= 0.3 is 12.1 Å². The molecule has 1 spiro atoms. The average molecular weight is 537 g/mol. The van der Waals surface area contributed by atoms with E-state index >= 15 is 0 Å². The number of quaternary nitrogens is 1. The highest BCUT2D eigenvalue weighted by Crippen LogP contribution is 2.47. The topological polar surface area (TPSA) is 71.1 Å². The molecule has 210 valence electrons. The molecule has 3 heterocycles. The maximum Gasteiger partial charge on any atom is 0.510 e. The maximum absolute atomic E-state index is 14.3. The summed E-state index contributed by atoms with van der Waals surface area (Å²) in [6, 6.07) is 19.8. The minimum absolute atomic E-state index is 0.154. The van der Waals surface area contributed by atoms with Gasteiger partial charge < -0.3 is 23.4 Å². The zero-order chi connectivity index (χ0) is 27.1. The molecule has 2 bridgehead atoms. The molecular formula is C32H42NO6+. The maximum atomic E-state index is 14.3. The van der Waals surface area contributed by atoms with Crippen LogP contribution in [0.5, 0.6) is 0 Å². The van der Waals surface area contributed by atoms with Crippen LogP contribution in [0.1, 0.15) is 75.8 Å². The van der Waals surface area contributed by atoms with Gasteiger partial charge in [0.25, 0.3) is 0 Å². The lowest BCUT2D eigenvalue weighted by atomic mass is 9.85. The minimum Gasteiger partial charge on any atom is -0.459 e. The fourth-order valence-electron chi connectivity index (χ4n) is 7.23. The Morgan fingerprint density at radius 1 is 0.846 bits per heavy atom. The van der Waals surface area contributed by atoms with Crippen molar-refractivity contribution in [2.45, 2.75) is 88.5 Å². The fourth-order valence-corrected chi connectivity index (χ4v) is 7.23. The molecule has 2 aromatic rings. The van der Waals surface area contributed by atoms with Gasteiger partial charge in [0.05, 0.1) is 31.8 Å². The third kappa shape index (κ3) is 5.71. The first-order valence-corrected chi connectivity index (χ1v) is 14.7. The first-order valence-electron chi connectivity index (χ1n) is 14.7. The highest BCUT2D eigenvalue weighted by molar-refractivity contribution is 5.86. The van der Waals surface area contributed by atoms with Gasteiger partial charge in [0.2, 0.25) is 5.60 Å². The fraction of sp³-hybridized carbons (Fsp3) is 0.562. The van der Waals surface area contributed by atoms with Crippen LogP contribution in [-0.4, -0.2) is 61.3 Å². The summed E-state index contributed by atoms with van der Waals surface area (Å²) in [7, 11) is 0. The Bertz CT molecular complexity index is 1030. The first-order chi connectivity index (χ1) is 19.1. The second kappa shape index (κ2) is 12.5. The van der Waals surface area contributed by atoms with Crippen molar-refractivity contribution in [3.63, 3.8) is 0 Å². The van der Waals surface area contributed by atoms with E-state index in [0.29, 0.717) is 29.8 Å². The number of carbonyl (C=O) groups excluding carboxylic acids is 2. The highest BCUT2D eigenvalue weighted by Gasteiger charge is 2.57. The zero-order valence-corrected chi connectivity index (χ0v) is 23.1. The Morgan fingerprint density at radius 3 is 2.00 bits per heavy atom. The van der Waals surface area contributed by atoms with Crippen LogP contribution in [-0.2, 0) is 29.3 Å². The molecule has 0 aromatic heterocycles. The third-order valence-electron chi connectivity index (χ3n) is 9.10. The van der Waals surface area contributed by atoms with Crippen LogP contribution in [0.2, 0.25) is 0 Å². The van der Waals surface area contributed by atoms with E-state index in [1.165, 1.54) is 43.3 Å². The van der Waals surface area contributed by atoms with Crippen LogP contribution in [0.15, 0.2) is 60.7 Å². The molecule has 5 rings (SSSR count). The summed E-state index contributed by atoms with van der Waals surface area (Å²) < 4.78 is 24.3. The van der Waals surface area contributed by atoms with Gasteiger partial charge in [0.15, 0.2) is 6.79 Å². The van der Waals surface area contributed by atoms with Crippen LogP contribution in [0.4, 0.5) is 4.79 Å². The third-order valence-corrected chi connectivity index (χ3v) is 9.10. The molecule has 2 atom stereocenters. The Morgan fingerprint density at radius 2 is 1.44 bits per heavy atom. The molecular weight excluding hydrogens is 494 g/mol. The van der Waals surface area contributed by atoms with Crippen molar-refractivity contribution >= 4 is 12.1 Å². The molecule has 3 fully saturated rings. The predicted octanol–water partition coefficient (Wildman–Crippen LogP) is 6.09. The summed E-state index contributed by atoms with van der Waals surface area (Å²) in [5.41, 5.74) is -0.326. The van der Waals surface area contributed by atoms with E-state index in [1.807, 2.05) is 60.7 Å². The van der Waals surface area contributed by atoms with E-state index in [1.54, 1.807) is 0 Å². The lowest BCUT2D eigenvalue weighted by molar-refractivity contribution is -0.956. The van der Waals surface area contributed by atoms with E-state index in [4.69, 9.17) is 18.9 Å². The smallest absolute Gasteiger partial charge is 0.459 e. The van der Waals surface area contributed by atoms with E-state index < -0.39 is 24.5 Å². The average Bonchev–Trinajstić information content (AvgIpc) is 3.51. The summed E-state index contributed by atoms with van der Waals surface area (Å²) in [6.07, 6.45) is 8.64. The molecule has 0 amide bonds. The van der Waals surface area contributed by atoms with Crippen LogP contribution in [0.25, 0.3) is 0 Å². The summed E-state index contributed by atoms with van der Waals surface area (Å²) in [4.78, 5) is 26.5. The van der Waals surface area contributed by atoms with Gasteiger partial charge in [-0.25, -0.2) is 9.59 Å². The molecule has 7 nitrogen and oxygen atoms in total. The monoisotopic (exact) mass is 536 g/mol. The number of hydrogen-bond acceptors (Lipinski definition) is 6. The SMILES string of the molecule is CCCCCOC(=O)OCOC(C(=O)OC1CC2CCC(C1)[N+]21CCCC1)(c1ccccc1)c1ccccc1. The molecule has 3 aliphatic heterocycles. The van der Waals surface area contributed by atoms with Gasteiger partial charge in [-0.2, -0.15) is 0 Å². The predicted molar refractivity (Wildman–Crippen MR) is 147 cm³/mol. The summed E-state index contributed by atoms with van der Waals surface area (Å²) >= 11 is 0. The van der Waals surface area contributed by atoms with Gasteiger partial charge in [0.1, 0.15) is 6.10 Å². The number of hydrogen-bond donors (Lipinski definition) is 0.